The molecule has 1 aliphatic heterocycles. The van der Waals surface area contributed by atoms with Crippen molar-refractivity contribution in [2.45, 2.75) is 10.1 Å². The quantitative estimate of drug-likeness (QED) is 0.848. The summed E-state index contributed by atoms with van der Waals surface area (Å²) in [5.74, 6) is -0.354. The number of likely N-dealkylation sites (tertiary alicyclic amines) is 1. The highest BCUT2D eigenvalue weighted by Gasteiger charge is 2.30. The van der Waals surface area contributed by atoms with E-state index in [2.05, 4.69) is 4.74 Å². The van der Waals surface area contributed by atoms with Crippen molar-refractivity contribution in [3.05, 3.63) is 29.8 Å². The Morgan fingerprint density at radius 1 is 1.33 bits per heavy atom. The first kappa shape index (κ1) is 12.8. The van der Waals surface area contributed by atoms with Gasteiger partial charge in [0.05, 0.1) is 12.7 Å². The van der Waals surface area contributed by atoms with E-state index in [9.17, 15) is 9.59 Å². The summed E-state index contributed by atoms with van der Waals surface area (Å²) < 4.78 is 4.61. The Bertz CT molecular complexity index is 454. The zero-order valence-corrected chi connectivity index (χ0v) is 10.6. The highest BCUT2D eigenvalue weighted by atomic mass is 32.2. The summed E-state index contributed by atoms with van der Waals surface area (Å²) in [4.78, 5) is 24.2. The number of nitrogens with zero attached hydrogens (tertiary/aromatic N) is 1. The van der Waals surface area contributed by atoms with Crippen molar-refractivity contribution in [2.75, 3.05) is 20.2 Å². The Morgan fingerprint density at radius 3 is 2.44 bits per heavy atom. The van der Waals surface area contributed by atoms with Gasteiger partial charge in [-0.25, -0.2) is 9.59 Å². The van der Waals surface area contributed by atoms with Gasteiger partial charge in [-0.3, -0.25) is 0 Å². The molecular formula is C12H13NO4S. The predicted molar refractivity (Wildman–Crippen MR) is 67.0 cm³/mol. The lowest BCUT2D eigenvalue weighted by molar-refractivity contribution is 0.0600. The van der Waals surface area contributed by atoms with E-state index in [4.69, 9.17) is 5.11 Å². The number of hydrogen-bond donors (Lipinski definition) is 1. The smallest absolute Gasteiger partial charge is 0.407 e. The van der Waals surface area contributed by atoms with Crippen molar-refractivity contribution in [1.29, 1.82) is 0 Å². The molecule has 1 N–H and O–H groups in total. The van der Waals surface area contributed by atoms with Crippen molar-refractivity contribution in [3.63, 3.8) is 0 Å². The molecule has 1 saturated heterocycles. The molecule has 0 unspecified atom stereocenters. The summed E-state index contributed by atoms with van der Waals surface area (Å²) >= 11 is 1.62. The molecule has 1 amide bonds. The Kier molecular flexibility index (Phi) is 3.76. The first-order chi connectivity index (χ1) is 8.60. The number of hydrogen-bond acceptors (Lipinski definition) is 4. The van der Waals surface area contributed by atoms with Crippen LogP contribution in [-0.4, -0.2) is 47.5 Å². The average molecular weight is 267 g/mol. The van der Waals surface area contributed by atoms with Crippen molar-refractivity contribution in [3.8, 4) is 0 Å². The number of amides is 1. The van der Waals surface area contributed by atoms with E-state index in [0.717, 1.165) is 4.90 Å². The standard InChI is InChI=1S/C12H13NO4S/c1-17-11(14)8-2-4-9(5-3-8)18-10-6-13(7-10)12(15)16/h2-5,10H,6-7H2,1H3,(H,15,16). The highest BCUT2D eigenvalue weighted by Crippen LogP contribution is 2.29. The van der Waals surface area contributed by atoms with E-state index in [1.807, 2.05) is 12.1 Å². The van der Waals surface area contributed by atoms with E-state index >= 15 is 0 Å². The van der Waals surface area contributed by atoms with Gasteiger partial charge in [-0.15, -0.1) is 11.8 Å². The van der Waals surface area contributed by atoms with Gasteiger partial charge in [-0.1, -0.05) is 0 Å². The van der Waals surface area contributed by atoms with Crippen LogP contribution in [0.25, 0.3) is 0 Å². The summed E-state index contributed by atoms with van der Waals surface area (Å²) in [6.45, 7) is 1.11. The van der Waals surface area contributed by atoms with Crippen LogP contribution in [0.5, 0.6) is 0 Å². The first-order valence-corrected chi connectivity index (χ1v) is 6.31. The second kappa shape index (κ2) is 5.30. The molecule has 0 spiro atoms. The third-order valence-electron chi connectivity index (χ3n) is 2.70. The largest absolute Gasteiger partial charge is 0.465 e. The number of benzene rings is 1. The summed E-state index contributed by atoms with van der Waals surface area (Å²) in [5, 5.41) is 9.00. The molecular weight excluding hydrogens is 254 g/mol. The topological polar surface area (TPSA) is 66.8 Å². The van der Waals surface area contributed by atoms with Gasteiger partial charge in [0.25, 0.3) is 0 Å². The fourth-order valence-corrected chi connectivity index (χ4v) is 2.84. The molecule has 1 fully saturated rings. The van der Waals surface area contributed by atoms with Gasteiger partial charge in [0.2, 0.25) is 0 Å². The second-order valence-corrected chi connectivity index (χ2v) is 5.32. The van der Waals surface area contributed by atoms with Gasteiger partial charge in [0, 0.05) is 23.2 Å². The van der Waals surface area contributed by atoms with Gasteiger partial charge < -0.3 is 14.7 Å². The fraction of sp³-hybridized carbons (Fsp3) is 0.333. The average Bonchev–Trinajstić information content (AvgIpc) is 2.32. The third-order valence-corrected chi connectivity index (χ3v) is 3.87. The zero-order valence-electron chi connectivity index (χ0n) is 9.83. The van der Waals surface area contributed by atoms with Gasteiger partial charge in [-0.05, 0) is 24.3 Å². The highest BCUT2D eigenvalue weighted by molar-refractivity contribution is 8.00. The van der Waals surface area contributed by atoms with Crippen molar-refractivity contribution >= 4 is 23.8 Å². The maximum absolute atomic E-state index is 11.2. The molecule has 18 heavy (non-hydrogen) atoms. The van der Waals surface area contributed by atoms with Crippen LogP contribution in [-0.2, 0) is 4.74 Å². The van der Waals surface area contributed by atoms with Crippen LogP contribution in [0.4, 0.5) is 4.79 Å². The molecule has 1 aromatic carbocycles. The van der Waals surface area contributed by atoms with Gasteiger partial charge >= 0.3 is 12.1 Å². The summed E-state index contributed by atoms with van der Waals surface area (Å²) in [7, 11) is 1.35. The Hall–Kier alpha value is -1.69. The number of rotatable bonds is 3. The molecule has 5 nitrogen and oxygen atoms in total. The van der Waals surface area contributed by atoms with Crippen LogP contribution in [0.3, 0.4) is 0 Å². The van der Waals surface area contributed by atoms with E-state index < -0.39 is 6.09 Å². The molecule has 2 rings (SSSR count). The van der Waals surface area contributed by atoms with E-state index in [1.165, 1.54) is 12.0 Å². The van der Waals surface area contributed by atoms with Crippen LogP contribution >= 0.6 is 11.8 Å². The Labute approximate surface area is 109 Å². The monoisotopic (exact) mass is 267 g/mol. The van der Waals surface area contributed by atoms with Crippen molar-refractivity contribution < 1.29 is 19.4 Å². The summed E-state index contributed by atoms with van der Waals surface area (Å²) in [6.07, 6.45) is -0.868. The van der Waals surface area contributed by atoms with E-state index in [1.54, 1.807) is 23.9 Å². The number of ether oxygens (including phenoxy) is 1. The molecule has 0 bridgehead atoms. The van der Waals surface area contributed by atoms with Gasteiger partial charge in [0.15, 0.2) is 0 Å². The SMILES string of the molecule is COC(=O)c1ccc(SC2CN(C(=O)O)C2)cc1. The van der Waals surface area contributed by atoms with Crippen LogP contribution in [0.15, 0.2) is 29.2 Å². The molecule has 0 radical (unpaired) electrons. The fourth-order valence-electron chi connectivity index (χ4n) is 1.65. The lowest BCUT2D eigenvalue weighted by Crippen LogP contribution is -2.51. The molecule has 1 heterocycles. The molecule has 1 aromatic rings. The minimum atomic E-state index is -0.868. The number of carboxylic acid groups (broad SMARTS) is 1. The number of carbonyl (C=O) groups excluding carboxylic acids is 1. The summed E-state index contributed by atoms with van der Waals surface area (Å²) in [5.41, 5.74) is 0.516. The molecule has 0 aliphatic carbocycles. The molecule has 1 aliphatic rings. The number of thioether (sulfide) groups is 1. The maximum Gasteiger partial charge on any atom is 0.407 e. The van der Waals surface area contributed by atoms with E-state index in [-0.39, 0.29) is 5.97 Å². The molecule has 6 heteroatoms. The van der Waals surface area contributed by atoms with Crippen LogP contribution in [0, 0.1) is 0 Å². The molecule has 0 atom stereocenters. The van der Waals surface area contributed by atoms with Crippen molar-refractivity contribution in [2.24, 2.45) is 0 Å². The lowest BCUT2D eigenvalue weighted by Gasteiger charge is -2.36. The predicted octanol–water partition coefficient (Wildman–Crippen LogP) is 1.93. The third kappa shape index (κ3) is 2.76. The number of methoxy groups -OCH3 is 1. The Morgan fingerprint density at radius 2 is 1.94 bits per heavy atom. The van der Waals surface area contributed by atoms with Gasteiger partial charge in [-0.2, -0.15) is 0 Å². The zero-order chi connectivity index (χ0) is 13.1. The van der Waals surface area contributed by atoms with Gasteiger partial charge in [0.1, 0.15) is 0 Å². The van der Waals surface area contributed by atoms with Crippen LogP contribution < -0.4 is 0 Å². The second-order valence-electron chi connectivity index (χ2n) is 3.94. The summed E-state index contributed by atoms with van der Waals surface area (Å²) in [6, 6.07) is 7.12. The minimum Gasteiger partial charge on any atom is -0.465 e. The first-order valence-electron chi connectivity index (χ1n) is 5.43. The van der Waals surface area contributed by atoms with Crippen molar-refractivity contribution in [1.82, 2.24) is 4.90 Å². The Balaban J connectivity index is 1.88. The minimum absolute atomic E-state index is 0.296. The normalized spacial score (nSPS) is 15.1. The molecule has 0 aromatic heterocycles. The molecule has 0 saturated carbocycles. The van der Waals surface area contributed by atoms with Crippen LogP contribution in [0.1, 0.15) is 10.4 Å². The van der Waals surface area contributed by atoms with E-state index in [0.29, 0.717) is 23.9 Å². The number of esters is 1. The number of carbonyl (C=O) groups is 2. The lowest BCUT2D eigenvalue weighted by atomic mass is 10.2. The van der Waals surface area contributed by atoms with Crippen LogP contribution in [0.2, 0.25) is 0 Å². The maximum atomic E-state index is 11.2. The molecule has 96 valence electrons.